The van der Waals surface area contributed by atoms with E-state index in [1.807, 2.05) is 19.0 Å². The van der Waals surface area contributed by atoms with Gasteiger partial charge in [-0.2, -0.15) is 9.61 Å². The Balaban J connectivity index is 2.91. The van der Waals surface area contributed by atoms with Gasteiger partial charge in [0.15, 0.2) is 5.52 Å². The third-order valence-corrected chi connectivity index (χ3v) is 2.00. The Morgan fingerprint density at radius 1 is 1.50 bits per heavy atom. The molecule has 2 aromatic rings. The van der Waals surface area contributed by atoms with E-state index in [-0.39, 0.29) is 5.56 Å². The van der Waals surface area contributed by atoms with Crippen LogP contribution in [0.2, 0.25) is 0 Å². The highest BCUT2D eigenvalue weighted by molar-refractivity contribution is 5.55. The van der Waals surface area contributed by atoms with Crippen LogP contribution in [0, 0.1) is 6.92 Å². The summed E-state index contributed by atoms with van der Waals surface area (Å²) in [4.78, 5) is 20.1. The van der Waals surface area contributed by atoms with Gasteiger partial charge in [-0.05, 0) is 6.92 Å². The molecule has 0 saturated heterocycles. The van der Waals surface area contributed by atoms with Crippen LogP contribution in [0.15, 0.2) is 11.1 Å². The number of aryl methyl sites for hydroxylation is 1. The number of aromatic nitrogens is 4. The molecular formula is C8H11N5O. The lowest BCUT2D eigenvalue weighted by Gasteiger charge is -2.07. The van der Waals surface area contributed by atoms with Gasteiger partial charge in [0.05, 0.1) is 5.69 Å². The number of hydrogen-bond acceptors (Lipinski definition) is 4. The lowest BCUT2D eigenvalue weighted by molar-refractivity contribution is 0.851. The van der Waals surface area contributed by atoms with Gasteiger partial charge in [-0.1, -0.05) is 0 Å². The van der Waals surface area contributed by atoms with Crippen LogP contribution in [0.25, 0.3) is 5.52 Å². The quantitative estimate of drug-likeness (QED) is 0.680. The first kappa shape index (κ1) is 8.74. The monoisotopic (exact) mass is 193 g/mol. The van der Waals surface area contributed by atoms with Gasteiger partial charge < -0.3 is 9.88 Å². The molecule has 6 heteroatoms. The zero-order valence-electron chi connectivity index (χ0n) is 8.27. The number of imidazole rings is 1. The molecule has 0 radical (unpaired) electrons. The van der Waals surface area contributed by atoms with Gasteiger partial charge >= 0.3 is 0 Å². The molecule has 0 fully saturated rings. The summed E-state index contributed by atoms with van der Waals surface area (Å²) in [5.41, 5.74) is 1.01. The molecule has 0 bridgehead atoms. The van der Waals surface area contributed by atoms with Gasteiger partial charge in [0, 0.05) is 14.1 Å². The van der Waals surface area contributed by atoms with Gasteiger partial charge in [0.1, 0.15) is 6.33 Å². The molecule has 0 unspecified atom stereocenters. The Morgan fingerprint density at radius 2 is 2.21 bits per heavy atom. The van der Waals surface area contributed by atoms with Crippen LogP contribution >= 0.6 is 0 Å². The predicted molar refractivity (Wildman–Crippen MR) is 52.7 cm³/mol. The van der Waals surface area contributed by atoms with E-state index >= 15 is 0 Å². The van der Waals surface area contributed by atoms with Crippen molar-refractivity contribution in [3.8, 4) is 0 Å². The Bertz CT molecular complexity index is 524. The molecule has 1 N–H and O–H groups in total. The maximum Gasteiger partial charge on any atom is 0.277 e. The Hall–Kier alpha value is -1.85. The third kappa shape index (κ3) is 1.07. The molecule has 2 rings (SSSR count). The van der Waals surface area contributed by atoms with Crippen LogP contribution in [-0.4, -0.2) is 33.7 Å². The molecule has 0 aliphatic heterocycles. The minimum atomic E-state index is -0.168. The molecule has 0 spiro atoms. The third-order valence-electron chi connectivity index (χ3n) is 2.00. The minimum Gasteiger partial charge on any atom is -0.347 e. The van der Waals surface area contributed by atoms with E-state index in [2.05, 4.69) is 15.1 Å². The van der Waals surface area contributed by atoms with E-state index in [4.69, 9.17) is 0 Å². The number of nitrogens with one attached hydrogen (secondary N) is 1. The second-order valence-electron chi connectivity index (χ2n) is 3.27. The number of anilines is 1. The SMILES string of the molecule is Cc1nc(N(C)C)n2nc[nH]c(=O)c12. The zero-order valence-corrected chi connectivity index (χ0v) is 8.27. The average molecular weight is 193 g/mol. The van der Waals surface area contributed by atoms with Gasteiger partial charge in [-0.3, -0.25) is 4.79 Å². The van der Waals surface area contributed by atoms with Gasteiger partial charge in [0.25, 0.3) is 5.56 Å². The van der Waals surface area contributed by atoms with Crippen molar-refractivity contribution in [2.75, 3.05) is 19.0 Å². The lowest BCUT2D eigenvalue weighted by Crippen LogP contribution is -2.16. The minimum absolute atomic E-state index is 0.168. The van der Waals surface area contributed by atoms with E-state index in [0.717, 1.165) is 0 Å². The highest BCUT2D eigenvalue weighted by Gasteiger charge is 2.12. The van der Waals surface area contributed by atoms with Crippen molar-refractivity contribution in [3.63, 3.8) is 0 Å². The fourth-order valence-electron chi connectivity index (χ4n) is 1.38. The number of hydrogen-bond donors (Lipinski definition) is 1. The zero-order chi connectivity index (χ0) is 10.3. The first-order valence-corrected chi connectivity index (χ1v) is 4.21. The first-order valence-electron chi connectivity index (χ1n) is 4.21. The molecule has 6 nitrogen and oxygen atoms in total. The van der Waals surface area contributed by atoms with Crippen molar-refractivity contribution in [1.82, 2.24) is 19.6 Å². The topological polar surface area (TPSA) is 66.3 Å². The fraction of sp³-hybridized carbons (Fsp3) is 0.375. The molecule has 0 atom stereocenters. The molecule has 0 aromatic carbocycles. The van der Waals surface area contributed by atoms with Gasteiger partial charge in [-0.15, -0.1) is 0 Å². The number of fused-ring (bicyclic) bond motifs is 1. The van der Waals surface area contributed by atoms with Crippen LogP contribution in [0.1, 0.15) is 5.69 Å². The molecule has 2 aromatic heterocycles. The molecule has 74 valence electrons. The molecule has 0 saturated carbocycles. The Kier molecular flexibility index (Phi) is 1.77. The lowest BCUT2D eigenvalue weighted by atomic mass is 10.4. The van der Waals surface area contributed by atoms with Crippen molar-refractivity contribution in [2.24, 2.45) is 0 Å². The normalized spacial score (nSPS) is 10.8. The highest BCUT2D eigenvalue weighted by Crippen LogP contribution is 2.12. The number of nitrogens with zero attached hydrogens (tertiary/aromatic N) is 4. The largest absolute Gasteiger partial charge is 0.347 e. The number of H-pyrrole nitrogens is 1. The van der Waals surface area contributed by atoms with E-state index < -0.39 is 0 Å². The maximum atomic E-state index is 11.5. The molecule has 0 aliphatic rings. The van der Waals surface area contributed by atoms with Crippen molar-refractivity contribution in [3.05, 3.63) is 22.4 Å². The summed E-state index contributed by atoms with van der Waals surface area (Å²) in [5, 5.41) is 4.04. The number of aromatic amines is 1. The summed E-state index contributed by atoms with van der Waals surface area (Å²) in [6.07, 6.45) is 1.36. The van der Waals surface area contributed by atoms with E-state index in [0.29, 0.717) is 17.2 Å². The Labute approximate surface area is 80.2 Å². The van der Waals surface area contributed by atoms with Crippen LogP contribution < -0.4 is 10.5 Å². The van der Waals surface area contributed by atoms with Crippen molar-refractivity contribution >= 4 is 11.5 Å². The summed E-state index contributed by atoms with van der Waals surface area (Å²) >= 11 is 0. The van der Waals surface area contributed by atoms with Crippen LogP contribution in [0.4, 0.5) is 5.95 Å². The molecule has 2 heterocycles. The maximum absolute atomic E-state index is 11.5. The van der Waals surface area contributed by atoms with Gasteiger partial charge in [0.2, 0.25) is 5.95 Å². The van der Waals surface area contributed by atoms with Crippen LogP contribution in [0.3, 0.4) is 0 Å². The van der Waals surface area contributed by atoms with E-state index in [1.165, 1.54) is 10.8 Å². The second-order valence-corrected chi connectivity index (χ2v) is 3.27. The van der Waals surface area contributed by atoms with Crippen molar-refractivity contribution in [1.29, 1.82) is 0 Å². The number of rotatable bonds is 1. The average Bonchev–Trinajstić information content (AvgIpc) is 2.45. The summed E-state index contributed by atoms with van der Waals surface area (Å²) < 4.78 is 1.54. The van der Waals surface area contributed by atoms with Crippen LogP contribution in [-0.2, 0) is 0 Å². The van der Waals surface area contributed by atoms with E-state index in [1.54, 1.807) is 6.92 Å². The molecule has 0 aliphatic carbocycles. The second kappa shape index (κ2) is 2.83. The summed E-state index contributed by atoms with van der Waals surface area (Å²) in [6, 6.07) is 0. The highest BCUT2D eigenvalue weighted by atomic mass is 16.1. The van der Waals surface area contributed by atoms with Crippen LogP contribution in [0.5, 0.6) is 0 Å². The molecular weight excluding hydrogens is 182 g/mol. The summed E-state index contributed by atoms with van der Waals surface area (Å²) in [7, 11) is 3.72. The standard InChI is InChI=1S/C8H11N5O/c1-5-6-7(14)9-4-10-13(6)8(11-5)12(2)3/h4H,1-3H3,(H,9,10,14). The Morgan fingerprint density at radius 3 is 2.86 bits per heavy atom. The first-order chi connectivity index (χ1) is 6.61. The van der Waals surface area contributed by atoms with E-state index in [9.17, 15) is 4.79 Å². The van der Waals surface area contributed by atoms with Gasteiger partial charge in [-0.25, -0.2) is 4.98 Å². The molecule has 0 amide bonds. The van der Waals surface area contributed by atoms with Crippen molar-refractivity contribution in [2.45, 2.75) is 6.92 Å². The smallest absolute Gasteiger partial charge is 0.277 e. The van der Waals surface area contributed by atoms with Crippen molar-refractivity contribution < 1.29 is 0 Å². The summed E-state index contributed by atoms with van der Waals surface area (Å²) in [6.45, 7) is 1.79. The summed E-state index contributed by atoms with van der Waals surface area (Å²) in [5.74, 6) is 0.656. The fourth-order valence-corrected chi connectivity index (χ4v) is 1.38. The predicted octanol–water partition coefficient (Wildman–Crippen LogP) is -0.208. The molecule has 14 heavy (non-hydrogen) atoms.